The van der Waals surface area contributed by atoms with Crippen LogP contribution < -0.4 is 10.3 Å². The normalized spacial score (nSPS) is 10.6. The van der Waals surface area contributed by atoms with Gasteiger partial charge in [-0.05, 0) is 12.5 Å². The van der Waals surface area contributed by atoms with Gasteiger partial charge in [-0.2, -0.15) is 4.98 Å². The van der Waals surface area contributed by atoms with Crippen molar-refractivity contribution in [2.75, 3.05) is 6.61 Å². The molecule has 0 aromatic carbocycles. The van der Waals surface area contributed by atoms with Crippen molar-refractivity contribution in [3.8, 4) is 6.01 Å². The van der Waals surface area contributed by atoms with E-state index in [1.165, 1.54) is 11.3 Å². The van der Waals surface area contributed by atoms with Crippen LogP contribution in [-0.2, 0) is 6.42 Å². The first-order valence-electron chi connectivity index (χ1n) is 5.01. The van der Waals surface area contributed by atoms with Gasteiger partial charge in [-0.3, -0.25) is 9.78 Å². The molecule has 0 aliphatic carbocycles. The fourth-order valence-electron chi connectivity index (χ4n) is 1.34. The molecule has 2 rings (SSSR count). The summed E-state index contributed by atoms with van der Waals surface area (Å²) in [7, 11) is 0. The fraction of sp³-hybridized carbons (Fsp3) is 0.273. The van der Waals surface area contributed by atoms with Gasteiger partial charge in [-0.15, -0.1) is 11.3 Å². The number of rotatable bonds is 4. The van der Waals surface area contributed by atoms with Gasteiger partial charge in [0.05, 0.1) is 5.39 Å². The molecule has 2 heterocycles. The quantitative estimate of drug-likeness (QED) is 0.827. The van der Waals surface area contributed by atoms with E-state index in [4.69, 9.17) is 4.74 Å². The summed E-state index contributed by atoms with van der Waals surface area (Å²) in [4.78, 5) is 20.4. The Morgan fingerprint density at radius 1 is 1.69 bits per heavy atom. The Hall–Kier alpha value is -1.62. The lowest BCUT2D eigenvalue weighted by Gasteiger charge is -2.00. The largest absolute Gasteiger partial charge is 0.460 e. The van der Waals surface area contributed by atoms with Gasteiger partial charge in [0, 0.05) is 4.88 Å². The zero-order chi connectivity index (χ0) is 11.5. The van der Waals surface area contributed by atoms with Gasteiger partial charge in [-0.1, -0.05) is 19.6 Å². The molecule has 0 atom stereocenters. The van der Waals surface area contributed by atoms with Crippen LogP contribution in [0.4, 0.5) is 0 Å². The molecule has 4 nitrogen and oxygen atoms in total. The second kappa shape index (κ2) is 4.49. The van der Waals surface area contributed by atoms with Gasteiger partial charge in [0.15, 0.2) is 0 Å². The Morgan fingerprint density at radius 2 is 2.50 bits per heavy atom. The highest BCUT2D eigenvalue weighted by molar-refractivity contribution is 7.18. The lowest BCUT2D eigenvalue weighted by atomic mass is 10.3. The number of aromatic nitrogens is 2. The zero-order valence-corrected chi connectivity index (χ0v) is 9.76. The smallest absolute Gasteiger partial charge is 0.298 e. The summed E-state index contributed by atoms with van der Waals surface area (Å²) in [5.74, 6) is 0. The highest BCUT2D eigenvalue weighted by atomic mass is 32.1. The van der Waals surface area contributed by atoms with E-state index in [0.29, 0.717) is 12.0 Å². The Morgan fingerprint density at radius 3 is 3.19 bits per heavy atom. The molecule has 0 spiro atoms. The van der Waals surface area contributed by atoms with Gasteiger partial charge >= 0.3 is 0 Å². The number of H-pyrrole nitrogens is 1. The van der Waals surface area contributed by atoms with Gasteiger partial charge in [0.1, 0.15) is 11.4 Å². The average molecular weight is 236 g/mol. The number of fused-ring (bicyclic) bond motifs is 1. The number of nitrogens with one attached hydrogen (secondary N) is 1. The minimum absolute atomic E-state index is 0.153. The highest BCUT2D eigenvalue weighted by Crippen LogP contribution is 2.22. The number of thiophene rings is 1. The monoisotopic (exact) mass is 236 g/mol. The molecule has 0 aliphatic heterocycles. The molecule has 0 unspecified atom stereocenters. The number of aryl methyl sites for hydroxylation is 1. The molecule has 84 valence electrons. The van der Waals surface area contributed by atoms with Crippen molar-refractivity contribution >= 4 is 21.6 Å². The van der Waals surface area contributed by atoms with Gasteiger partial charge in [0.25, 0.3) is 11.6 Å². The van der Waals surface area contributed by atoms with Crippen LogP contribution in [0.1, 0.15) is 11.8 Å². The van der Waals surface area contributed by atoms with E-state index in [0.717, 1.165) is 16.1 Å². The van der Waals surface area contributed by atoms with E-state index in [1.807, 2.05) is 13.0 Å². The maximum Gasteiger partial charge on any atom is 0.298 e. The molecule has 0 saturated heterocycles. The molecule has 0 saturated carbocycles. The maximum absolute atomic E-state index is 11.7. The minimum atomic E-state index is -0.153. The van der Waals surface area contributed by atoms with Crippen LogP contribution >= 0.6 is 11.3 Å². The van der Waals surface area contributed by atoms with E-state index in [1.54, 1.807) is 6.08 Å². The third kappa shape index (κ3) is 1.99. The summed E-state index contributed by atoms with van der Waals surface area (Å²) in [6.45, 7) is 5.92. The molecular weight excluding hydrogens is 224 g/mol. The number of aromatic amines is 1. The number of nitrogens with zero attached hydrogens (tertiary/aromatic N) is 1. The van der Waals surface area contributed by atoms with Crippen LogP contribution in [0, 0.1) is 0 Å². The topological polar surface area (TPSA) is 55.0 Å². The first-order chi connectivity index (χ1) is 7.74. The van der Waals surface area contributed by atoms with E-state index >= 15 is 0 Å². The lowest BCUT2D eigenvalue weighted by molar-refractivity contribution is 0.334. The first-order valence-corrected chi connectivity index (χ1v) is 5.82. The summed E-state index contributed by atoms with van der Waals surface area (Å²) >= 11 is 1.52. The summed E-state index contributed by atoms with van der Waals surface area (Å²) < 4.78 is 5.21. The van der Waals surface area contributed by atoms with Crippen molar-refractivity contribution in [3.63, 3.8) is 0 Å². The second-order valence-electron chi connectivity index (χ2n) is 3.26. The molecular formula is C11H12N2O2S. The second-order valence-corrected chi connectivity index (χ2v) is 4.37. The zero-order valence-electron chi connectivity index (χ0n) is 8.95. The number of hydrogen-bond donors (Lipinski definition) is 1. The third-order valence-electron chi connectivity index (χ3n) is 2.12. The van der Waals surface area contributed by atoms with Crippen LogP contribution in [0.5, 0.6) is 6.01 Å². The van der Waals surface area contributed by atoms with Crippen LogP contribution in [0.2, 0.25) is 0 Å². The van der Waals surface area contributed by atoms with Crippen molar-refractivity contribution < 1.29 is 4.74 Å². The minimum Gasteiger partial charge on any atom is -0.460 e. The highest BCUT2D eigenvalue weighted by Gasteiger charge is 2.08. The molecule has 0 fully saturated rings. The van der Waals surface area contributed by atoms with Crippen LogP contribution in [0.3, 0.4) is 0 Å². The maximum atomic E-state index is 11.7. The standard InChI is InChI=1S/C11H12N2O2S/c1-3-5-15-11-12-9(14)8-6-7(4-2)16-10(8)13-11/h3,6H,1,4-5H2,2H3,(H,12,13,14). The summed E-state index contributed by atoms with van der Waals surface area (Å²) in [5, 5.41) is 0.632. The van der Waals surface area contributed by atoms with Crippen LogP contribution in [0.15, 0.2) is 23.5 Å². The molecule has 0 radical (unpaired) electrons. The summed E-state index contributed by atoms with van der Waals surface area (Å²) in [6, 6.07) is 2.13. The SMILES string of the molecule is C=CCOc1nc2sc(CC)cc2c(=O)[nH]1. The average Bonchev–Trinajstić information content (AvgIpc) is 2.70. The van der Waals surface area contributed by atoms with Crippen LogP contribution in [-0.4, -0.2) is 16.6 Å². The molecule has 1 N–H and O–H groups in total. The van der Waals surface area contributed by atoms with Crippen molar-refractivity contribution in [1.29, 1.82) is 0 Å². The molecule has 0 aliphatic rings. The van der Waals surface area contributed by atoms with E-state index < -0.39 is 0 Å². The Labute approximate surface area is 96.6 Å². The Bertz CT molecular complexity index is 571. The molecule has 2 aromatic rings. The van der Waals surface area contributed by atoms with Gasteiger partial charge < -0.3 is 4.74 Å². The van der Waals surface area contributed by atoms with Crippen molar-refractivity contribution in [2.45, 2.75) is 13.3 Å². The first kappa shape index (κ1) is 10.9. The summed E-state index contributed by atoms with van der Waals surface area (Å²) in [6.07, 6.45) is 2.51. The third-order valence-corrected chi connectivity index (χ3v) is 3.29. The molecule has 0 amide bonds. The predicted octanol–water partition coefficient (Wildman–Crippen LogP) is 2.11. The van der Waals surface area contributed by atoms with Crippen molar-refractivity contribution in [3.05, 3.63) is 34.0 Å². The van der Waals surface area contributed by atoms with Crippen molar-refractivity contribution in [1.82, 2.24) is 9.97 Å². The van der Waals surface area contributed by atoms with Crippen LogP contribution in [0.25, 0.3) is 10.2 Å². The molecule has 16 heavy (non-hydrogen) atoms. The van der Waals surface area contributed by atoms with Gasteiger partial charge in [0.2, 0.25) is 0 Å². The fourth-order valence-corrected chi connectivity index (χ4v) is 2.30. The molecule has 0 bridgehead atoms. The number of ether oxygens (including phenoxy) is 1. The van der Waals surface area contributed by atoms with E-state index in [9.17, 15) is 4.79 Å². The van der Waals surface area contributed by atoms with E-state index in [-0.39, 0.29) is 11.6 Å². The van der Waals surface area contributed by atoms with E-state index in [2.05, 4.69) is 16.5 Å². The van der Waals surface area contributed by atoms with Gasteiger partial charge in [-0.25, -0.2) is 0 Å². The molecule has 2 aromatic heterocycles. The van der Waals surface area contributed by atoms with Crippen molar-refractivity contribution in [2.24, 2.45) is 0 Å². The predicted molar refractivity (Wildman–Crippen MR) is 65.3 cm³/mol. The number of hydrogen-bond acceptors (Lipinski definition) is 4. The Balaban J connectivity index is 2.48. The lowest BCUT2D eigenvalue weighted by Crippen LogP contribution is -2.09. The summed E-state index contributed by atoms with van der Waals surface area (Å²) in [5.41, 5.74) is -0.153. The Kier molecular flexibility index (Phi) is 3.05. The molecule has 5 heteroatoms.